The third-order valence-corrected chi connectivity index (χ3v) is 9.74. The number of carbonyl (C=O) groups is 2. The molecule has 1 aromatic carbocycles. The molecule has 2 aromatic heterocycles. The molecule has 3 aromatic rings. The Morgan fingerprint density at radius 2 is 1.88 bits per heavy atom. The summed E-state index contributed by atoms with van der Waals surface area (Å²) in [7, 11) is 2.11. The van der Waals surface area contributed by atoms with Crippen LogP contribution in [0, 0.1) is 0 Å². The van der Waals surface area contributed by atoms with Crippen LogP contribution in [0.5, 0.6) is 0 Å². The number of piperazine rings is 1. The molecule has 41 heavy (non-hydrogen) atoms. The largest absolute Gasteiger partial charge is 0.440 e. The first-order valence-corrected chi connectivity index (χ1v) is 15.0. The van der Waals surface area contributed by atoms with Crippen molar-refractivity contribution in [3.8, 4) is 11.4 Å². The lowest BCUT2D eigenvalue weighted by Crippen LogP contribution is -2.49. The highest BCUT2D eigenvalue weighted by Crippen LogP contribution is 2.46. The average molecular weight is 556 g/mol. The van der Waals surface area contributed by atoms with Crippen LogP contribution in [0.1, 0.15) is 72.0 Å². The van der Waals surface area contributed by atoms with E-state index in [4.69, 9.17) is 9.72 Å². The number of nitrogens with zero attached hydrogens (tertiary/aromatic N) is 4. The molecule has 5 heterocycles. The van der Waals surface area contributed by atoms with Crippen molar-refractivity contribution < 1.29 is 14.3 Å². The van der Waals surface area contributed by atoms with E-state index in [9.17, 15) is 14.4 Å². The fraction of sp³-hybridized carbons (Fsp3) is 0.500. The van der Waals surface area contributed by atoms with Crippen LogP contribution in [0.2, 0.25) is 0 Å². The molecule has 1 aliphatic carbocycles. The van der Waals surface area contributed by atoms with Gasteiger partial charge < -0.3 is 19.5 Å². The third-order valence-electron chi connectivity index (χ3n) is 9.74. The van der Waals surface area contributed by atoms with E-state index < -0.39 is 17.1 Å². The molecule has 0 spiro atoms. The number of likely N-dealkylation sites (N-methyl/N-ethyl adjacent to an activating group) is 1. The zero-order valence-corrected chi connectivity index (χ0v) is 23.9. The van der Waals surface area contributed by atoms with Gasteiger partial charge in [0.25, 0.3) is 11.5 Å². The number of rotatable bonds is 6. The van der Waals surface area contributed by atoms with Gasteiger partial charge >= 0.3 is 5.97 Å². The van der Waals surface area contributed by atoms with Gasteiger partial charge in [0, 0.05) is 55.8 Å². The lowest BCUT2D eigenvalue weighted by atomic mass is 9.87. The molecule has 1 saturated carbocycles. The first-order valence-electron chi connectivity index (χ1n) is 15.0. The Bertz CT molecular complexity index is 1620. The van der Waals surface area contributed by atoms with E-state index in [-0.39, 0.29) is 17.9 Å². The van der Waals surface area contributed by atoms with Crippen molar-refractivity contribution in [2.75, 3.05) is 46.3 Å². The van der Waals surface area contributed by atoms with Crippen molar-refractivity contribution in [1.29, 1.82) is 0 Å². The molecule has 1 amide bonds. The van der Waals surface area contributed by atoms with E-state index in [2.05, 4.69) is 28.2 Å². The number of nitrogens with one attached hydrogen (secondary N) is 1. The Labute approximate surface area is 239 Å². The van der Waals surface area contributed by atoms with Gasteiger partial charge in [-0.05, 0) is 49.9 Å². The van der Waals surface area contributed by atoms with Gasteiger partial charge in [-0.25, -0.2) is 9.78 Å². The topological polar surface area (TPSA) is 96.8 Å². The number of amides is 1. The van der Waals surface area contributed by atoms with E-state index >= 15 is 0 Å². The standard InChI is InChI=1S/C32H37N5O4/c1-3-32(31(40)33-12-13-36-16-14-35(2)15-17-36)23-18-25-28-22(19-37(25)29(38)27(23)30(39)41-32)26(20-8-4-5-9-20)21-10-6-7-11-24(21)34-28/h6-7,10-11,18,20H,3-5,8-9,12-17,19H2,1-2H3,(H,33,40)/t32-/m1/s1. The molecule has 4 aliphatic rings. The Hall–Kier alpha value is -3.56. The highest BCUT2D eigenvalue weighted by atomic mass is 16.6. The highest BCUT2D eigenvalue weighted by Gasteiger charge is 2.53. The summed E-state index contributed by atoms with van der Waals surface area (Å²) in [6.07, 6.45) is 4.89. The van der Waals surface area contributed by atoms with E-state index in [0.717, 1.165) is 67.7 Å². The van der Waals surface area contributed by atoms with Crippen molar-refractivity contribution in [3.05, 3.63) is 62.9 Å². The quantitative estimate of drug-likeness (QED) is 0.365. The van der Waals surface area contributed by atoms with E-state index in [0.29, 0.717) is 30.3 Å². The Kier molecular flexibility index (Phi) is 6.47. The highest BCUT2D eigenvalue weighted by molar-refractivity contribution is 6.02. The molecule has 0 bridgehead atoms. The number of ether oxygens (including phenoxy) is 1. The number of cyclic esters (lactones) is 1. The van der Waals surface area contributed by atoms with E-state index in [1.807, 2.05) is 31.2 Å². The average Bonchev–Trinajstić information content (AvgIpc) is 3.70. The maximum Gasteiger partial charge on any atom is 0.345 e. The normalized spacial score (nSPS) is 22.5. The van der Waals surface area contributed by atoms with Crippen LogP contribution in [0.3, 0.4) is 0 Å². The number of hydrogen-bond acceptors (Lipinski definition) is 7. The minimum absolute atomic E-state index is 0.0235. The number of esters is 1. The first-order chi connectivity index (χ1) is 19.9. The van der Waals surface area contributed by atoms with E-state index in [1.54, 1.807) is 4.57 Å². The zero-order chi connectivity index (χ0) is 28.3. The second kappa shape index (κ2) is 10.1. The lowest BCUT2D eigenvalue weighted by molar-refractivity contribution is -0.140. The summed E-state index contributed by atoms with van der Waals surface area (Å²) < 4.78 is 7.46. The van der Waals surface area contributed by atoms with Crippen LogP contribution >= 0.6 is 0 Å². The minimum Gasteiger partial charge on any atom is -0.440 e. The van der Waals surface area contributed by atoms with Gasteiger partial charge in [0.05, 0.1) is 23.4 Å². The molecule has 1 N–H and O–H groups in total. The van der Waals surface area contributed by atoms with Crippen molar-refractivity contribution in [3.63, 3.8) is 0 Å². The molecule has 1 saturated heterocycles. The smallest absolute Gasteiger partial charge is 0.345 e. The Morgan fingerprint density at radius 1 is 1.12 bits per heavy atom. The second-order valence-electron chi connectivity index (χ2n) is 12.0. The molecule has 7 rings (SSSR count). The fourth-order valence-corrected chi connectivity index (χ4v) is 7.40. The van der Waals surface area contributed by atoms with Crippen molar-refractivity contribution in [2.24, 2.45) is 0 Å². The molecular weight excluding hydrogens is 518 g/mol. The fourth-order valence-electron chi connectivity index (χ4n) is 7.40. The molecular formula is C32H37N5O4. The summed E-state index contributed by atoms with van der Waals surface area (Å²) in [5, 5.41) is 4.16. The number of benzene rings is 1. The maximum atomic E-state index is 13.9. The van der Waals surface area contributed by atoms with Crippen LogP contribution < -0.4 is 10.9 Å². The SMILES string of the molecule is CC[C@@]1(C(=O)NCCN2CCN(C)CC2)OC(=O)c2c1cc1n(c2=O)Cc2c-1nc1ccccc1c2C1CCCC1. The monoisotopic (exact) mass is 555 g/mol. The van der Waals surface area contributed by atoms with E-state index in [1.165, 1.54) is 18.4 Å². The molecule has 9 nitrogen and oxygen atoms in total. The second-order valence-corrected chi connectivity index (χ2v) is 12.0. The van der Waals surface area contributed by atoms with Crippen molar-refractivity contribution in [1.82, 2.24) is 24.7 Å². The predicted molar refractivity (Wildman–Crippen MR) is 156 cm³/mol. The van der Waals surface area contributed by atoms with Gasteiger partial charge in [-0.3, -0.25) is 14.5 Å². The van der Waals surface area contributed by atoms with Gasteiger partial charge in [0.2, 0.25) is 5.60 Å². The predicted octanol–water partition coefficient (Wildman–Crippen LogP) is 3.22. The van der Waals surface area contributed by atoms with Gasteiger partial charge in [0.15, 0.2) is 0 Å². The summed E-state index contributed by atoms with van der Waals surface area (Å²) in [6, 6.07) is 10.0. The summed E-state index contributed by atoms with van der Waals surface area (Å²) in [5.41, 5.74) is 3.12. The van der Waals surface area contributed by atoms with Crippen molar-refractivity contribution >= 4 is 22.8 Å². The molecule has 0 unspecified atom stereocenters. The summed E-state index contributed by atoms with van der Waals surface area (Å²) >= 11 is 0. The zero-order valence-electron chi connectivity index (χ0n) is 23.9. The number of carbonyl (C=O) groups excluding carboxylic acids is 2. The number of para-hydroxylation sites is 1. The molecule has 1 atom stereocenters. The van der Waals surface area contributed by atoms with Gasteiger partial charge in [0.1, 0.15) is 5.56 Å². The lowest BCUT2D eigenvalue weighted by Gasteiger charge is -2.32. The first kappa shape index (κ1) is 26.3. The Balaban J connectivity index is 1.27. The molecule has 9 heteroatoms. The minimum atomic E-state index is -1.53. The van der Waals surface area contributed by atoms with Crippen LogP contribution in [0.4, 0.5) is 0 Å². The molecule has 0 radical (unpaired) electrons. The van der Waals surface area contributed by atoms with Gasteiger partial charge in [-0.15, -0.1) is 0 Å². The third kappa shape index (κ3) is 4.12. The molecule has 3 aliphatic heterocycles. The number of fused-ring (bicyclic) bond motifs is 5. The maximum absolute atomic E-state index is 13.9. The summed E-state index contributed by atoms with van der Waals surface area (Å²) in [6.45, 7) is 7.28. The van der Waals surface area contributed by atoms with Gasteiger partial charge in [-0.2, -0.15) is 0 Å². The van der Waals surface area contributed by atoms with Crippen LogP contribution in [0.15, 0.2) is 35.1 Å². The van der Waals surface area contributed by atoms with Crippen LogP contribution in [-0.2, 0) is 21.7 Å². The summed E-state index contributed by atoms with van der Waals surface area (Å²) in [4.78, 5) is 50.5. The van der Waals surface area contributed by atoms with Crippen LogP contribution in [0.25, 0.3) is 22.3 Å². The van der Waals surface area contributed by atoms with Crippen molar-refractivity contribution in [2.45, 2.75) is 57.1 Å². The molecule has 214 valence electrons. The van der Waals surface area contributed by atoms with Gasteiger partial charge in [-0.1, -0.05) is 38.0 Å². The number of pyridine rings is 2. The number of hydrogen-bond donors (Lipinski definition) is 1. The summed E-state index contributed by atoms with van der Waals surface area (Å²) in [5.74, 6) is -0.664. The molecule has 2 fully saturated rings. The Morgan fingerprint density at radius 3 is 2.63 bits per heavy atom. The van der Waals surface area contributed by atoms with Crippen LogP contribution in [-0.4, -0.2) is 77.5 Å². The number of aromatic nitrogens is 2.